The van der Waals surface area contributed by atoms with Gasteiger partial charge in [-0.3, -0.25) is 9.59 Å². The number of fused-ring (bicyclic) bond motifs is 1. The van der Waals surface area contributed by atoms with E-state index >= 15 is 0 Å². The summed E-state index contributed by atoms with van der Waals surface area (Å²) in [5, 5.41) is 3.03. The number of nitrogens with one attached hydrogen (secondary N) is 1. The number of thiophene rings is 1. The van der Waals surface area contributed by atoms with Crippen LogP contribution in [0.2, 0.25) is 0 Å². The summed E-state index contributed by atoms with van der Waals surface area (Å²) >= 11 is 1.11. The van der Waals surface area contributed by atoms with E-state index in [0.717, 1.165) is 11.3 Å². The van der Waals surface area contributed by atoms with Crippen LogP contribution in [0, 0.1) is 5.82 Å². The number of hydrogen-bond donors (Lipinski definition) is 1. The topological polar surface area (TPSA) is 72.5 Å². The van der Waals surface area contributed by atoms with Crippen molar-refractivity contribution in [3.63, 3.8) is 0 Å². The van der Waals surface area contributed by atoms with Crippen LogP contribution < -0.4 is 5.32 Å². The summed E-state index contributed by atoms with van der Waals surface area (Å²) in [7, 11) is 0. The molecular weight excluding hydrogens is 369 g/mol. The maximum atomic E-state index is 13.7. The van der Waals surface area contributed by atoms with Crippen LogP contribution in [0.5, 0.6) is 0 Å². The van der Waals surface area contributed by atoms with Crippen molar-refractivity contribution in [1.82, 2.24) is 0 Å². The van der Waals surface area contributed by atoms with Crippen LogP contribution in [0.1, 0.15) is 33.4 Å². The quantitative estimate of drug-likeness (QED) is 0.503. The predicted molar refractivity (Wildman–Crippen MR) is 102 cm³/mol. The largest absolute Gasteiger partial charge is 0.453 e. The van der Waals surface area contributed by atoms with E-state index in [4.69, 9.17) is 4.74 Å². The molecule has 0 saturated heterocycles. The average Bonchev–Trinajstić information content (AvgIpc) is 3.12. The number of Topliss-reactive ketones (excluding diaryl/α,β-unsaturated/α-hetero) is 1. The van der Waals surface area contributed by atoms with Crippen molar-refractivity contribution in [3.05, 3.63) is 64.8 Å². The highest BCUT2D eigenvalue weighted by atomic mass is 32.1. The summed E-state index contributed by atoms with van der Waals surface area (Å²) in [5.41, 5.74) is 0.947. The zero-order chi connectivity index (χ0) is 19.4. The van der Waals surface area contributed by atoms with Gasteiger partial charge in [-0.05, 0) is 42.5 Å². The molecule has 1 N–H and O–H groups in total. The first kappa shape index (κ1) is 18.7. The maximum Gasteiger partial charge on any atom is 0.348 e. The maximum absolute atomic E-state index is 13.7. The van der Waals surface area contributed by atoms with E-state index in [2.05, 4.69) is 5.32 Å². The lowest BCUT2D eigenvalue weighted by molar-refractivity contribution is -0.115. The Morgan fingerprint density at radius 2 is 1.85 bits per heavy atom. The molecule has 1 heterocycles. The molecule has 0 unspecified atom stereocenters. The molecule has 0 fully saturated rings. The SMILES string of the molecule is CCC(=O)Nc1ccc(C(=O)COC(=O)c2cc3c(F)cccc3s2)cc1. The second-order valence-electron chi connectivity index (χ2n) is 5.74. The first-order chi connectivity index (χ1) is 13.0. The molecule has 1 amide bonds. The fourth-order valence-corrected chi connectivity index (χ4v) is 3.37. The lowest BCUT2D eigenvalue weighted by Gasteiger charge is -2.06. The Kier molecular flexibility index (Phi) is 5.61. The number of carbonyl (C=O) groups is 3. The van der Waals surface area contributed by atoms with Gasteiger partial charge in [0, 0.05) is 27.8 Å². The molecule has 5 nitrogen and oxygen atoms in total. The number of carbonyl (C=O) groups excluding carboxylic acids is 3. The molecule has 2 aromatic carbocycles. The Morgan fingerprint density at radius 1 is 1.11 bits per heavy atom. The molecule has 138 valence electrons. The number of rotatable bonds is 6. The molecule has 0 saturated carbocycles. The molecule has 0 spiro atoms. The Hall–Kier alpha value is -3.06. The highest BCUT2D eigenvalue weighted by molar-refractivity contribution is 7.20. The van der Waals surface area contributed by atoms with Gasteiger partial charge in [0.2, 0.25) is 5.91 Å². The van der Waals surface area contributed by atoms with Crippen molar-refractivity contribution in [2.75, 3.05) is 11.9 Å². The number of benzene rings is 2. The molecule has 0 radical (unpaired) electrons. The van der Waals surface area contributed by atoms with E-state index < -0.39 is 18.4 Å². The molecule has 0 bridgehead atoms. The number of amides is 1. The van der Waals surface area contributed by atoms with E-state index in [9.17, 15) is 18.8 Å². The van der Waals surface area contributed by atoms with Crippen LogP contribution in [0.25, 0.3) is 10.1 Å². The van der Waals surface area contributed by atoms with Crippen molar-refractivity contribution in [1.29, 1.82) is 0 Å². The number of halogens is 1. The van der Waals surface area contributed by atoms with Gasteiger partial charge in [-0.25, -0.2) is 9.18 Å². The summed E-state index contributed by atoms with van der Waals surface area (Å²) in [4.78, 5) is 35.9. The smallest absolute Gasteiger partial charge is 0.348 e. The highest BCUT2D eigenvalue weighted by Crippen LogP contribution is 2.28. The number of hydrogen-bond acceptors (Lipinski definition) is 5. The molecule has 0 aliphatic heterocycles. The van der Waals surface area contributed by atoms with Crippen LogP contribution in [0.4, 0.5) is 10.1 Å². The fourth-order valence-electron chi connectivity index (χ4n) is 2.40. The lowest BCUT2D eigenvalue weighted by atomic mass is 10.1. The molecule has 7 heteroatoms. The van der Waals surface area contributed by atoms with Gasteiger partial charge in [-0.1, -0.05) is 13.0 Å². The molecule has 0 atom stereocenters. The van der Waals surface area contributed by atoms with Gasteiger partial charge in [0.1, 0.15) is 10.7 Å². The summed E-state index contributed by atoms with van der Waals surface area (Å²) in [6.07, 6.45) is 0.359. The molecule has 3 aromatic rings. The van der Waals surface area contributed by atoms with E-state index in [1.54, 1.807) is 43.3 Å². The molecule has 1 aromatic heterocycles. The van der Waals surface area contributed by atoms with E-state index in [1.807, 2.05) is 0 Å². The monoisotopic (exact) mass is 385 g/mol. The van der Waals surface area contributed by atoms with Crippen molar-refractivity contribution < 1.29 is 23.5 Å². The van der Waals surface area contributed by atoms with Crippen molar-refractivity contribution in [3.8, 4) is 0 Å². The molecule has 3 rings (SSSR count). The fraction of sp³-hybridized carbons (Fsp3) is 0.150. The zero-order valence-electron chi connectivity index (χ0n) is 14.5. The van der Waals surface area contributed by atoms with Crippen molar-refractivity contribution in [2.24, 2.45) is 0 Å². The second-order valence-corrected chi connectivity index (χ2v) is 6.82. The third-order valence-electron chi connectivity index (χ3n) is 3.86. The van der Waals surface area contributed by atoms with Crippen LogP contribution in [0.15, 0.2) is 48.5 Å². The predicted octanol–water partition coefficient (Wildman–Crippen LogP) is 4.43. The minimum absolute atomic E-state index is 0.122. The van der Waals surface area contributed by atoms with Crippen LogP contribution in [-0.4, -0.2) is 24.3 Å². The standard InChI is InChI=1S/C20H16FNO4S/c1-2-19(24)22-13-8-6-12(7-9-13)16(23)11-26-20(25)18-10-14-15(21)4-3-5-17(14)27-18/h3-10H,2,11H2,1H3,(H,22,24). The Labute approximate surface area is 158 Å². The second kappa shape index (κ2) is 8.09. The van der Waals surface area contributed by atoms with Crippen molar-refractivity contribution >= 4 is 44.8 Å². The Morgan fingerprint density at radius 3 is 2.52 bits per heavy atom. The summed E-state index contributed by atoms with van der Waals surface area (Å²) < 4.78 is 19.4. The van der Waals surface area contributed by atoms with Gasteiger partial charge in [0.15, 0.2) is 12.4 Å². The summed E-state index contributed by atoms with van der Waals surface area (Å²) in [6, 6.07) is 12.3. The first-order valence-corrected chi connectivity index (χ1v) is 9.08. The van der Waals surface area contributed by atoms with Gasteiger partial charge in [0.25, 0.3) is 0 Å². The van der Waals surface area contributed by atoms with E-state index in [-0.39, 0.29) is 16.6 Å². The van der Waals surface area contributed by atoms with Gasteiger partial charge in [0.05, 0.1) is 0 Å². The lowest BCUT2D eigenvalue weighted by Crippen LogP contribution is -2.14. The van der Waals surface area contributed by atoms with Gasteiger partial charge in [-0.15, -0.1) is 11.3 Å². The third-order valence-corrected chi connectivity index (χ3v) is 4.94. The highest BCUT2D eigenvalue weighted by Gasteiger charge is 2.16. The van der Waals surface area contributed by atoms with Gasteiger partial charge >= 0.3 is 5.97 Å². The minimum atomic E-state index is -0.671. The molecule has 0 aliphatic carbocycles. The Balaban J connectivity index is 1.61. The molecule has 0 aliphatic rings. The third kappa shape index (κ3) is 4.38. The number of ketones is 1. The number of anilines is 1. The van der Waals surface area contributed by atoms with Crippen molar-refractivity contribution in [2.45, 2.75) is 13.3 Å². The average molecular weight is 385 g/mol. The van der Waals surface area contributed by atoms with E-state index in [0.29, 0.717) is 27.8 Å². The van der Waals surface area contributed by atoms with Crippen LogP contribution in [0.3, 0.4) is 0 Å². The van der Waals surface area contributed by atoms with Gasteiger partial charge < -0.3 is 10.1 Å². The minimum Gasteiger partial charge on any atom is -0.453 e. The molecular formula is C20H16FNO4S. The summed E-state index contributed by atoms with van der Waals surface area (Å²) in [6.45, 7) is 1.32. The Bertz CT molecular complexity index is 1010. The van der Waals surface area contributed by atoms with Gasteiger partial charge in [-0.2, -0.15) is 0 Å². The summed E-state index contributed by atoms with van der Waals surface area (Å²) in [5.74, 6) is -1.57. The zero-order valence-corrected chi connectivity index (χ0v) is 15.3. The molecule has 27 heavy (non-hydrogen) atoms. The number of esters is 1. The van der Waals surface area contributed by atoms with Crippen LogP contribution >= 0.6 is 11.3 Å². The van der Waals surface area contributed by atoms with Crippen LogP contribution in [-0.2, 0) is 9.53 Å². The number of ether oxygens (including phenoxy) is 1. The van der Waals surface area contributed by atoms with E-state index in [1.165, 1.54) is 12.1 Å². The normalized spacial score (nSPS) is 10.6. The first-order valence-electron chi connectivity index (χ1n) is 8.26.